The standard InChI is InChI=1S/C13H22N6O/c1-3-20-13-16-11(14-2)15-12(17-13)19-8-7-18-6-4-5-10(18)9-19/h10H,3-9H2,1-2H3,(H,14,15,16,17). The first-order valence-electron chi connectivity index (χ1n) is 7.35. The Morgan fingerprint density at radius 3 is 2.95 bits per heavy atom. The number of hydrogen-bond donors (Lipinski definition) is 1. The number of piperazine rings is 1. The molecule has 1 N–H and O–H groups in total. The predicted molar refractivity (Wildman–Crippen MR) is 77.4 cm³/mol. The number of nitrogens with zero attached hydrogens (tertiary/aromatic N) is 5. The first kappa shape index (κ1) is 13.4. The summed E-state index contributed by atoms with van der Waals surface area (Å²) in [5, 5.41) is 2.97. The number of nitrogens with one attached hydrogen (secondary N) is 1. The van der Waals surface area contributed by atoms with E-state index in [1.165, 1.54) is 19.4 Å². The number of fused-ring (bicyclic) bond motifs is 1. The number of aromatic nitrogens is 3. The average Bonchev–Trinajstić information content (AvgIpc) is 2.94. The zero-order valence-corrected chi connectivity index (χ0v) is 12.2. The van der Waals surface area contributed by atoms with Gasteiger partial charge < -0.3 is 15.0 Å². The van der Waals surface area contributed by atoms with E-state index in [4.69, 9.17) is 4.74 Å². The molecule has 1 aromatic rings. The average molecular weight is 278 g/mol. The Morgan fingerprint density at radius 2 is 2.15 bits per heavy atom. The number of ether oxygens (including phenoxy) is 1. The van der Waals surface area contributed by atoms with Crippen molar-refractivity contribution in [2.45, 2.75) is 25.8 Å². The Labute approximate surface area is 119 Å². The smallest absolute Gasteiger partial charge is 0.323 e. The summed E-state index contributed by atoms with van der Waals surface area (Å²) in [4.78, 5) is 17.9. The maximum absolute atomic E-state index is 5.43. The highest BCUT2D eigenvalue weighted by molar-refractivity contribution is 5.39. The van der Waals surface area contributed by atoms with E-state index in [2.05, 4.69) is 30.1 Å². The summed E-state index contributed by atoms with van der Waals surface area (Å²) in [6.07, 6.45) is 2.58. The Morgan fingerprint density at radius 1 is 1.25 bits per heavy atom. The Hall–Kier alpha value is -1.63. The molecule has 1 unspecified atom stereocenters. The molecule has 0 aromatic carbocycles. The van der Waals surface area contributed by atoms with E-state index in [9.17, 15) is 0 Å². The molecule has 2 aliphatic heterocycles. The minimum absolute atomic E-state index is 0.399. The quantitative estimate of drug-likeness (QED) is 0.865. The van der Waals surface area contributed by atoms with E-state index in [0.29, 0.717) is 24.6 Å². The molecule has 0 aliphatic carbocycles. The number of anilines is 2. The zero-order chi connectivity index (χ0) is 13.9. The summed E-state index contributed by atoms with van der Waals surface area (Å²) in [5.74, 6) is 1.28. The molecule has 3 heterocycles. The SMILES string of the molecule is CCOc1nc(NC)nc(N2CCN3CCCC3C2)n1. The van der Waals surface area contributed by atoms with Crippen LogP contribution in [0.25, 0.3) is 0 Å². The lowest BCUT2D eigenvalue weighted by Crippen LogP contribution is -2.50. The van der Waals surface area contributed by atoms with Gasteiger partial charge in [0.25, 0.3) is 0 Å². The van der Waals surface area contributed by atoms with Crippen molar-refractivity contribution in [3.63, 3.8) is 0 Å². The summed E-state index contributed by atoms with van der Waals surface area (Å²) in [6, 6.07) is 1.05. The van der Waals surface area contributed by atoms with Crippen LogP contribution in [-0.4, -0.2) is 65.7 Å². The molecule has 1 aromatic heterocycles. The van der Waals surface area contributed by atoms with Gasteiger partial charge in [-0.1, -0.05) is 0 Å². The second-order valence-corrected chi connectivity index (χ2v) is 5.20. The van der Waals surface area contributed by atoms with Crippen molar-refractivity contribution >= 4 is 11.9 Å². The van der Waals surface area contributed by atoms with Crippen molar-refractivity contribution in [1.29, 1.82) is 0 Å². The normalized spacial score (nSPS) is 22.7. The lowest BCUT2D eigenvalue weighted by Gasteiger charge is -2.37. The third-order valence-corrected chi connectivity index (χ3v) is 3.97. The predicted octanol–water partition coefficient (Wildman–Crippen LogP) is 0.596. The van der Waals surface area contributed by atoms with E-state index in [-0.39, 0.29) is 0 Å². The van der Waals surface area contributed by atoms with Crippen molar-refractivity contribution in [1.82, 2.24) is 19.9 Å². The fourth-order valence-corrected chi connectivity index (χ4v) is 2.97. The molecule has 20 heavy (non-hydrogen) atoms. The van der Waals surface area contributed by atoms with Gasteiger partial charge >= 0.3 is 6.01 Å². The van der Waals surface area contributed by atoms with Gasteiger partial charge in [-0.05, 0) is 26.3 Å². The van der Waals surface area contributed by atoms with E-state index in [1.54, 1.807) is 0 Å². The molecule has 0 radical (unpaired) electrons. The van der Waals surface area contributed by atoms with Crippen molar-refractivity contribution < 1.29 is 4.74 Å². The van der Waals surface area contributed by atoms with Gasteiger partial charge in [0.2, 0.25) is 11.9 Å². The van der Waals surface area contributed by atoms with Crippen molar-refractivity contribution in [2.75, 3.05) is 50.1 Å². The molecule has 1 atom stereocenters. The Bertz CT molecular complexity index is 468. The first-order chi connectivity index (χ1) is 9.80. The largest absolute Gasteiger partial charge is 0.464 e. The highest BCUT2D eigenvalue weighted by Gasteiger charge is 2.31. The highest BCUT2D eigenvalue weighted by Crippen LogP contribution is 2.24. The van der Waals surface area contributed by atoms with Crippen LogP contribution in [0.3, 0.4) is 0 Å². The van der Waals surface area contributed by atoms with E-state index >= 15 is 0 Å². The molecular weight excluding hydrogens is 256 g/mol. The molecule has 0 amide bonds. The van der Waals surface area contributed by atoms with Crippen LogP contribution >= 0.6 is 0 Å². The second-order valence-electron chi connectivity index (χ2n) is 5.20. The molecule has 110 valence electrons. The molecule has 7 nitrogen and oxygen atoms in total. The fraction of sp³-hybridized carbons (Fsp3) is 0.769. The molecule has 0 saturated carbocycles. The Balaban J connectivity index is 1.79. The molecule has 7 heteroatoms. The van der Waals surface area contributed by atoms with Crippen LogP contribution in [0.2, 0.25) is 0 Å². The minimum atomic E-state index is 0.399. The third-order valence-electron chi connectivity index (χ3n) is 3.97. The number of rotatable bonds is 4. The van der Waals surface area contributed by atoms with Crippen LogP contribution in [-0.2, 0) is 0 Å². The molecule has 3 rings (SSSR count). The maximum Gasteiger partial charge on any atom is 0.323 e. The van der Waals surface area contributed by atoms with E-state index in [1.807, 2.05) is 14.0 Å². The summed E-state index contributed by atoms with van der Waals surface area (Å²) >= 11 is 0. The lowest BCUT2D eigenvalue weighted by atomic mass is 10.2. The van der Waals surface area contributed by atoms with Crippen molar-refractivity contribution in [3.05, 3.63) is 0 Å². The topological polar surface area (TPSA) is 66.4 Å². The van der Waals surface area contributed by atoms with Gasteiger partial charge in [0.05, 0.1) is 6.61 Å². The summed E-state index contributed by atoms with van der Waals surface area (Å²) in [7, 11) is 1.81. The van der Waals surface area contributed by atoms with E-state index < -0.39 is 0 Å². The van der Waals surface area contributed by atoms with Crippen LogP contribution in [0, 0.1) is 0 Å². The monoisotopic (exact) mass is 278 g/mol. The minimum Gasteiger partial charge on any atom is -0.464 e. The van der Waals surface area contributed by atoms with Gasteiger partial charge in [-0.15, -0.1) is 0 Å². The van der Waals surface area contributed by atoms with Crippen LogP contribution in [0.4, 0.5) is 11.9 Å². The molecule has 2 fully saturated rings. The van der Waals surface area contributed by atoms with Gasteiger partial charge in [-0.25, -0.2) is 0 Å². The summed E-state index contributed by atoms with van der Waals surface area (Å²) in [6.45, 7) is 6.79. The van der Waals surface area contributed by atoms with Crippen LogP contribution in [0.15, 0.2) is 0 Å². The molecule has 2 saturated heterocycles. The Kier molecular flexibility index (Phi) is 3.86. The number of hydrogen-bond acceptors (Lipinski definition) is 7. The molecule has 2 aliphatic rings. The highest BCUT2D eigenvalue weighted by atomic mass is 16.5. The van der Waals surface area contributed by atoms with Gasteiger partial charge in [-0.2, -0.15) is 15.0 Å². The summed E-state index contributed by atoms with van der Waals surface area (Å²) in [5.41, 5.74) is 0. The van der Waals surface area contributed by atoms with E-state index in [0.717, 1.165) is 25.6 Å². The van der Waals surface area contributed by atoms with Crippen molar-refractivity contribution in [2.24, 2.45) is 0 Å². The maximum atomic E-state index is 5.43. The lowest BCUT2D eigenvalue weighted by molar-refractivity contribution is 0.229. The van der Waals surface area contributed by atoms with Gasteiger partial charge in [0.1, 0.15) is 0 Å². The molecular formula is C13H22N6O. The van der Waals surface area contributed by atoms with Crippen LogP contribution < -0.4 is 15.0 Å². The molecule has 0 bridgehead atoms. The van der Waals surface area contributed by atoms with Gasteiger partial charge in [-0.3, -0.25) is 4.90 Å². The van der Waals surface area contributed by atoms with Crippen LogP contribution in [0.5, 0.6) is 6.01 Å². The van der Waals surface area contributed by atoms with Crippen molar-refractivity contribution in [3.8, 4) is 6.01 Å². The molecule has 0 spiro atoms. The zero-order valence-electron chi connectivity index (χ0n) is 12.2. The fourth-order valence-electron chi connectivity index (χ4n) is 2.97. The summed E-state index contributed by atoms with van der Waals surface area (Å²) < 4.78 is 5.43. The van der Waals surface area contributed by atoms with Gasteiger partial charge in [0, 0.05) is 32.7 Å². The second kappa shape index (κ2) is 5.78. The third kappa shape index (κ3) is 2.63. The van der Waals surface area contributed by atoms with Crippen LogP contribution in [0.1, 0.15) is 19.8 Å². The first-order valence-corrected chi connectivity index (χ1v) is 7.35. The van der Waals surface area contributed by atoms with Gasteiger partial charge in [0.15, 0.2) is 0 Å².